The summed E-state index contributed by atoms with van der Waals surface area (Å²) in [4.78, 5) is 41.6. The van der Waals surface area contributed by atoms with Crippen molar-refractivity contribution < 1.29 is 19.1 Å². The maximum Gasteiger partial charge on any atom is 0.337 e. The van der Waals surface area contributed by atoms with Gasteiger partial charge >= 0.3 is 5.97 Å². The van der Waals surface area contributed by atoms with Gasteiger partial charge in [-0.15, -0.1) is 11.3 Å². The van der Waals surface area contributed by atoms with Crippen LogP contribution in [-0.4, -0.2) is 40.9 Å². The van der Waals surface area contributed by atoms with Gasteiger partial charge in [-0.3, -0.25) is 9.59 Å². The summed E-state index contributed by atoms with van der Waals surface area (Å²) in [5, 5.41) is 7.91. The Morgan fingerprint density at radius 1 is 1.12 bits per heavy atom. The fraction of sp³-hybridized carbons (Fsp3) is 0.174. The molecule has 0 saturated heterocycles. The van der Waals surface area contributed by atoms with Gasteiger partial charge in [-0.2, -0.15) is 5.10 Å². The van der Waals surface area contributed by atoms with Crippen molar-refractivity contribution in [1.29, 1.82) is 0 Å². The number of ether oxygens (including phenoxy) is 2. The van der Waals surface area contributed by atoms with E-state index < -0.39 is 17.4 Å². The molecule has 0 aliphatic carbocycles. The number of hydrogen-bond donors (Lipinski definition) is 1. The number of carbonyl (C=O) groups is 2. The van der Waals surface area contributed by atoms with Gasteiger partial charge in [0.2, 0.25) is 5.91 Å². The molecule has 0 spiro atoms. The van der Waals surface area contributed by atoms with Crippen molar-refractivity contribution in [1.82, 2.24) is 14.8 Å². The van der Waals surface area contributed by atoms with E-state index in [1.54, 1.807) is 19.2 Å². The fourth-order valence-electron chi connectivity index (χ4n) is 3.28. The van der Waals surface area contributed by atoms with Crippen LogP contribution < -0.4 is 15.6 Å². The van der Waals surface area contributed by atoms with Gasteiger partial charge in [0.15, 0.2) is 5.52 Å². The van der Waals surface area contributed by atoms with Crippen molar-refractivity contribution in [2.45, 2.75) is 13.5 Å². The van der Waals surface area contributed by atoms with E-state index in [1.807, 2.05) is 31.2 Å². The number of benzene rings is 2. The number of nitrogens with zero attached hydrogens (tertiary/aromatic N) is 3. The Hall–Kier alpha value is -4.05. The van der Waals surface area contributed by atoms with Gasteiger partial charge < -0.3 is 14.8 Å². The number of fused-ring (bicyclic) bond motifs is 1. The van der Waals surface area contributed by atoms with Gasteiger partial charge in [-0.1, -0.05) is 12.1 Å². The zero-order chi connectivity index (χ0) is 23.5. The summed E-state index contributed by atoms with van der Waals surface area (Å²) >= 11 is 1.37. The Balaban J connectivity index is 1.66. The number of thiazole rings is 1. The number of aromatic nitrogens is 3. The molecule has 1 amide bonds. The van der Waals surface area contributed by atoms with E-state index in [0.29, 0.717) is 27.4 Å². The van der Waals surface area contributed by atoms with E-state index in [4.69, 9.17) is 4.74 Å². The summed E-state index contributed by atoms with van der Waals surface area (Å²) < 4.78 is 11.7. The topological polar surface area (TPSA) is 112 Å². The van der Waals surface area contributed by atoms with Crippen LogP contribution in [0.5, 0.6) is 5.75 Å². The first-order valence-electron chi connectivity index (χ1n) is 9.90. The molecule has 2 aromatic heterocycles. The number of amides is 1. The largest absolute Gasteiger partial charge is 0.497 e. The summed E-state index contributed by atoms with van der Waals surface area (Å²) in [5.74, 6) is -0.270. The molecule has 0 aliphatic heterocycles. The second-order valence-electron chi connectivity index (χ2n) is 7.07. The van der Waals surface area contributed by atoms with Gasteiger partial charge in [0.1, 0.15) is 18.0 Å². The van der Waals surface area contributed by atoms with Crippen molar-refractivity contribution in [2.24, 2.45) is 0 Å². The Morgan fingerprint density at radius 2 is 1.88 bits per heavy atom. The third-order valence-electron chi connectivity index (χ3n) is 4.83. The lowest BCUT2D eigenvalue weighted by atomic mass is 10.1. The highest BCUT2D eigenvalue weighted by Crippen LogP contribution is 2.31. The second-order valence-corrected chi connectivity index (χ2v) is 8.27. The third kappa shape index (κ3) is 4.60. The average molecular weight is 465 g/mol. The van der Waals surface area contributed by atoms with E-state index in [0.717, 1.165) is 15.3 Å². The Bertz CT molecular complexity index is 1410. The van der Waals surface area contributed by atoms with Crippen LogP contribution in [0.4, 0.5) is 5.69 Å². The van der Waals surface area contributed by atoms with Crippen LogP contribution >= 0.6 is 11.3 Å². The lowest BCUT2D eigenvalue weighted by molar-refractivity contribution is -0.117. The minimum atomic E-state index is -0.472. The van der Waals surface area contributed by atoms with E-state index in [1.165, 1.54) is 30.6 Å². The van der Waals surface area contributed by atoms with E-state index in [9.17, 15) is 14.4 Å². The second kappa shape index (κ2) is 9.21. The van der Waals surface area contributed by atoms with Crippen LogP contribution in [0.15, 0.2) is 53.3 Å². The standard InChI is InChI=1S/C23H20N4O5S/c1-13-24-20-21(33-13)19(15-5-4-6-17(11-15)31-2)26-27(22(20)29)12-18(28)25-16-9-7-14(8-10-16)23(30)32-3/h4-11H,12H2,1-3H3,(H,25,28). The molecule has 0 radical (unpaired) electrons. The predicted octanol–water partition coefficient (Wildman–Crippen LogP) is 3.26. The van der Waals surface area contributed by atoms with Crippen LogP contribution in [-0.2, 0) is 16.1 Å². The third-order valence-corrected chi connectivity index (χ3v) is 5.81. The lowest BCUT2D eigenvalue weighted by Gasteiger charge is -2.10. The molecule has 0 bridgehead atoms. The molecule has 2 heterocycles. The minimum Gasteiger partial charge on any atom is -0.497 e. The van der Waals surface area contributed by atoms with E-state index >= 15 is 0 Å². The predicted molar refractivity (Wildman–Crippen MR) is 125 cm³/mol. The molecule has 4 aromatic rings. The summed E-state index contributed by atoms with van der Waals surface area (Å²) in [5.41, 5.74) is 1.94. The number of esters is 1. The Morgan fingerprint density at radius 3 is 2.58 bits per heavy atom. The SMILES string of the molecule is COC(=O)c1ccc(NC(=O)Cn2nc(-c3cccc(OC)c3)c3sc(C)nc3c2=O)cc1. The molecule has 9 nitrogen and oxygen atoms in total. The molecule has 4 rings (SSSR count). The van der Waals surface area contributed by atoms with Crippen LogP contribution in [0.3, 0.4) is 0 Å². The molecule has 0 saturated carbocycles. The zero-order valence-corrected chi connectivity index (χ0v) is 18.9. The first-order chi connectivity index (χ1) is 15.9. The minimum absolute atomic E-state index is 0.264. The van der Waals surface area contributed by atoms with Crippen molar-refractivity contribution in [2.75, 3.05) is 19.5 Å². The molecule has 10 heteroatoms. The van der Waals surface area contributed by atoms with Crippen LogP contribution in [0, 0.1) is 6.92 Å². The quantitative estimate of drug-likeness (QED) is 0.436. The van der Waals surface area contributed by atoms with Crippen molar-refractivity contribution in [3.05, 3.63) is 69.5 Å². The van der Waals surface area contributed by atoms with E-state index in [2.05, 4.69) is 20.1 Å². The molecule has 0 unspecified atom stereocenters. The lowest BCUT2D eigenvalue weighted by Crippen LogP contribution is -2.30. The van der Waals surface area contributed by atoms with Gasteiger partial charge in [-0.25, -0.2) is 14.5 Å². The van der Waals surface area contributed by atoms with Gasteiger partial charge in [0.25, 0.3) is 5.56 Å². The smallest absolute Gasteiger partial charge is 0.337 e. The van der Waals surface area contributed by atoms with Crippen molar-refractivity contribution in [3.63, 3.8) is 0 Å². The number of nitrogens with one attached hydrogen (secondary N) is 1. The number of aryl methyl sites for hydroxylation is 1. The summed E-state index contributed by atoms with van der Waals surface area (Å²) in [6.45, 7) is 1.51. The number of hydrogen-bond acceptors (Lipinski definition) is 8. The normalized spacial score (nSPS) is 10.8. The summed E-state index contributed by atoms with van der Waals surface area (Å²) in [6.07, 6.45) is 0. The molecule has 0 atom stereocenters. The summed E-state index contributed by atoms with van der Waals surface area (Å²) in [6, 6.07) is 13.5. The highest BCUT2D eigenvalue weighted by molar-refractivity contribution is 7.19. The maximum absolute atomic E-state index is 13.0. The highest BCUT2D eigenvalue weighted by Gasteiger charge is 2.18. The highest BCUT2D eigenvalue weighted by atomic mass is 32.1. The number of rotatable bonds is 6. The van der Waals surface area contributed by atoms with Crippen LogP contribution in [0.2, 0.25) is 0 Å². The summed E-state index contributed by atoms with van der Waals surface area (Å²) in [7, 11) is 2.87. The van der Waals surface area contributed by atoms with Crippen molar-refractivity contribution >= 4 is 39.1 Å². The molecule has 1 N–H and O–H groups in total. The Kier molecular flexibility index (Phi) is 6.18. The zero-order valence-electron chi connectivity index (χ0n) is 18.1. The fourth-order valence-corrected chi connectivity index (χ4v) is 4.19. The average Bonchev–Trinajstić information content (AvgIpc) is 3.22. The van der Waals surface area contributed by atoms with Crippen LogP contribution in [0.25, 0.3) is 21.5 Å². The molecule has 0 aliphatic rings. The first-order valence-corrected chi connectivity index (χ1v) is 10.7. The maximum atomic E-state index is 13.0. The van der Waals surface area contributed by atoms with Gasteiger partial charge in [0, 0.05) is 11.3 Å². The number of carbonyl (C=O) groups excluding carboxylic acids is 2. The molecule has 0 fully saturated rings. The first kappa shape index (κ1) is 22.2. The number of anilines is 1. The molecule has 33 heavy (non-hydrogen) atoms. The van der Waals surface area contributed by atoms with Crippen LogP contribution in [0.1, 0.15) is 15.4 Å². The van der Waals surface area contributed by atoms with Crippen molar-refractivity contribution in [3.8, 4) is 17.0 Å². The molecule has 2 aromatic carbocycles. The number of methoxy groups -OCH3 is 2. The van der Waals surface area contributed by atoms with Gasteiger partial charge in [-0.05, 0) is 43.3 Å². The molecule has 168 valence electrons. The molecular formula is C23H20N4O5S. The van der Waals surface area contributed by atoms with E-state index in [-0.39, 0.29) is 12.1 Å². The van der Waals surface area contributed by atoms with Gasteiger partial charge in [0.05, 0.1) is 29.5 Å². The molecular weight excluding hydrogens is 444 g/mol. The Labute approximate surface area is 192 Å². The monoisotopic (exact) mass is 464 g/mol.